The van der Waals surface area contributed by atoms with Crippen LogP contribution >= 0.6 is 0 Å². The van der Waals surface area contributed by atoms with Crippen molar-refractivity contribution in [3.8, 4) is 0 Å². The number of nitrogens with one attached hydrogen (secondary N) is 1. The first-order valence-electron chi connectivity index (χ1n) is 5.17. The summed E-state index contributed by atoms with van der Waals surface area (Å²) in [5.74, 6) is -0.649. The van der Waals surface area contributed by atoms with Gasteiger partial charge in [-0.25, -0.2) is 13.1 Å². The van der Waals surface area contributed by atoms with Crippen molar-refractivity contribution in [2.75, 3.05) is 12.3 Å². The summed E-state index contributed by atoms with van der Waals surface area (Å²) >= 11 is 0. The molecule has 0 rings (SSSR count). The Morgan fingerprint density at radius 1 is 1.27 bits per heavy atom. The SMILES string of the molecule is CCCS(=O)(=O)NCCCCCC(=O)O. The topological polar surface area (TPSA) is 83.5 Å². The molecule has 6 heteroatoms. The van der Waals surface area contributed by atoms with Gasteiger partial charge in [-0.15, -0.1) is 0 Å². The van der Waals surface area contributed by atoms with Crippen molar-refractivity contribution in [2.24, 2.45) is 0 Å². The zero-order valence-corrected chi connectivity index (χ0v) is 9.85. The molecule has 2 N–H and O–H groups in total. The number of carboxylic acids is 1. The van der Waals surface area contributed by atoms with Crippen molar-refractivity contribution >= 4 is 16.0 Å². The van der Waals surface area contributed by atoms with Crippen LogP contribution in [-0.4, -0.2) is 31.8 Å². The fourth-order valence-electron chi connectivity index (χ4n) is 1.15. The second-order valence-electron chi connectivity index (χ2n) is 3.42. The van der Waals surface area contributed by atoms with Crippen molar-refractivity contribution in [1.29, 1.82) is 0 Å². The van der Waals surface area contributed by atoms with Crippen molar-refractivity contribution in [2.45, 2.75) is 39.0 Å². The van der Waals surface area contributed by atoms with E-state index in [4.69, 9.17) is 5.11 Å². The minimum Gasteiger partial charge on any atom is -0.481 e. The van der Waals surface area contributed by atoms with Gasteiger partial charge < -0.3 is 5.11 Å². The molecule has 90 valence electrons. The average molecular weight is 237 g/mol. The standard InChI is InChI=1S/C9H19NO4S/c1-2-8-15(13,14)10-7-5-3-4-6-9(11)12/h10H,2-8H2,1H3,(H,11,12). The van der Waals surface area contributed by atoms with Gasteiger partial charge in [0.15, 0.2) is 0 Å². The van der Waals surface area contributed by atoms with Crippen LogP contribution in [0.1, 0.15) is 39.0 Å². The number of rotatable bonds is 9. The summed E-state index contributed by atoms with van der Waals surface area (Å²) in [6, 6.07) is 0. The van der Waals surface area contributed by atoms with Crippen molar-refractivity contribution in [1.82, 2.24) is 4.72 Å². The highest BCUT2D eigenvalue weighted by Crippen LogP contribution is 1.99. The van der Waals surface area contributed by atoms with E-state index in [9.17, 15) is 13.2 Å². The lowest BCUT2D eigenvalue weighted by Gasteiger charge is -2.04. The molecule has 0 saturated carbocycles. The number of hydrogen-bond donors (Lipinski definition) is 2. The molecule has 0 atom stereocenters. The number of hydrogen-bond acceptors (Lipinski definition) is 3. The van der Waals surface area contributed by atoms with E-state index >= 15 is 0 Å². The second kappa shape index (κ2) is 7.64. The lowest BCUT2D eigenvalue weighted by Crippen LogP contribution is -2.27. The molecule has 0 aromatic carbocycles. The maximum atomic E-state index is 11.2. The number of unbranched alkanes of at least 4 members (excludes halogenated alkanes) is 2. The zero-order valence-electron chi connectivity index (χ0n) is 9.03. The van der Waals surface area contributed by atoms with Crippen LogP contribution in [0.25, 0.3) is 0 Å². The van der Waals surface area contributed by atoms with E-state index in [1.807, 2.05) is 6.92 Å². The van der Waals surface area contributed by atoms with Crippen molar-refractivity contribution < 1.29 is 18.3 Å². The third-order valence-electron chi connectivity index (χ3n) is 1.86. The van der Waals surface area contributed by atoms with Crippen LogP contribution in [-0.2, 0) is 14.8 Å². The Kier molecular flexibility index (Phi) is 7.33. The van der Waals surface area contributed by atoms with E-state index in [1.165, 1.54) is 0 Å². The van der Waals surface area contributed by atoms with E-state index in [1.54, 1.807) is 0 Å². The van der Waals surface area contributed by atoms with Crippen LogP contribution in [0.5, 0.6) is 0 Å². The average Bonchev–Trinajstić information content (AvgIpc) is 2.10. The quantitative estimate of drug-likeness (QED) is 0.585. The van der Waals surface area contributed by atoms with Gasteiger partial charge in [0.25, 0.3) is 0 Å². The lowest BCUT2D eigenvalue weighted by atomic mass is 10.2. The molecule has 0 radical (unpaired) electrons. The Balaban J connectivity index is 3.42. The van der Waals surface area contributed by atoms with Gasteiger partial charge in [-0.3, -0.25) is 4.79 Å². The number of carboxylic acid groups (broad SMARTS) is 1. The van der Waals surface area contributed by atoms with Crippen LogP contribution < -0.4 is 4.72 Å². The Morgan fingerprint density at radius 2 is 1.93 bits per heavy atom. The first kappa shape index (κ1) is 14.4. The van der Waals surface area contributed by atoms with Gasteiger partial charge in [-0.05, 0) is 19.3 Å². The molecule has 0 aliphatic rings. The first-order valence-corrected chi connectivity index (χ1v) is 6.82. The molecule has 15 heavy (non-hydrogen) atoms. The molecule has 0 aliphatic heterocycles. The monoisotopic (exact) mass is 237 g/mol. The predicted molar refractivity (Wildman–Crippen MR) is 58.2 cm³/mol. The highest BCUT2D eigenvalue weighted by atomic mass is 32.2. The summed E-state index contributed by atoms with van der Waals surface area (Å²) < 4.78 is 24.8. The van der Waals surface area contributed by atoms with Gasteiger partial charge >= 0.3 is 5.97 Å². The Labute approximate surface area is 90.9 Å². The molecule has 0 bridgehead atoms. The Morgan fingerprint density at radius 3 is 2.47 bits per heavy atom. The third-order valence-corrected chi connectivity index (χ3v) is 3.45. The highest BCUT2D eigenvalue weighted by Gasteiger charge is 2.06. The molecule has 0 spiro atoms. The predicted octanol–water partition coefficient (Wildman–Crippen LogP) is 0.961. The van der Waals surface area contributed by atoms with E-state index < -0.39 is 16.0 Å². The van der Waals surface area contributed by atoms with Gasteiger partial charge in [-0.2, -0.15) is 0 Å². The van der Waals surface area contributed by atoms with E-state index in [0.29, 0.717) is 25.8 Å². The Hall–Kier alpha value is -0.620. The lowest BCUT2D eigenvalue weighted by molar-refractivity contribution is -0.137. The summed E-state index contributed by atoms with van der Waals surface area (Å²) in [5.41, 5.74) is 0. The van der Waals surface area contributed by atoms with E-state index in [0.717, 1.165) is 6.42 Å². The summed E-state index contributed by atoms with van der Waals surface area (Å²) in [7, 11) is -3.10. The molecular weight excluding hydrogens is 218 g/mol. The van der Waals surface area contributed by atoms with Gasteiger partial charge in [0.05, 0.1) is 5.75 Å². The number of carbonyl (C=O) groups is 1. The molecular formula is C9H19NO4S. The van der Waals surface area contributed by atoms with Crippen molar-refractivity contribution in [3.05, 3.63) is 0 Å². The molecule has 0 unspecified atom stereocenters. The molecule has 0 aliphatic carbocycles. The minimum absolute atomic E-state index is 0.154. The minimum atomic E-state index is -3.10. The largest absolute Gasteiger partial charge is 0.481 e. The highest BCUT2D eigenvalue weighted by molar-refractivity contribution is 7.89. The molecule has 0 aromatic rings. The van der Waals surface area contributed by atoms with Gasteiger partial charge in [0.1, 0.15) is 0 Å². The number of sulfonamides is 1. The smallest absolute Gasteiger partial charge is 0.303 e. The fourth-order valence-corrected chi connectivity index (χ4v) is 2.28. The second-order valence-corrected chi connectivity index (χ2v) is 5.34. The van der Waals surface area contributed by atoms with Crippen LogP contribution in [0.4, 0.5) is 0 Å². The van der Waals surface area contributed by atoms with Gasteiger partial charge in [-0.1, -0.05) is 13.3 Å². The van der Waals surface area contributed by atoms with Crippen LogP contribution in [0.15, 0.2) is 0 Å². The molecule has 0 aromatic heterocycles. The molecule has 0 amide bonds. The molecule has 0 fully saturated rings. The first-order chi connectivity index (χ1) is 6.98. The molecule has 5 nitrogen and oxygen atoms in total. The van der Waals surface area contributed by atoms with E-state index in [2.05, 4.69) is 4.72 Å². The normalized spacial score (nSPS) is 11.5. The summed E-state index contributed by atoms with van der Waals surface area (Å²) in [4.78, 5) is 10.2. The summed E-state index contributed by atoms with van der Waals surface area (Å²) in [6.45, 7) is 2.22. The molecule has 0 heterocycles. The van der Waals surface area contributed by atoms with Gasteiger partial charge in [0.2, 0.25) is 10.0 Å². The Bertz CT molecular complexity index is 274. The van der Waals surface area contributed by atoms with Gasteiger partial charge in [0, 0.05) is 13.0 Å². The van der Waals surface area contributed by atoms with E-state index in [-0.39, 0.29) is 12.2 Å². The van der Waals surface area contributed by atoms with Crippen LogP contribution in [0.2, 0.25) is 0 Å². The maximum Gasteiger partial charge on any atom is 0.303 e. The van der Waals surface area contributed by atoms with Crippen LogP contribution in [0.3, 0.4) is 0 Å². The summed E-state index contributed by atoms with van der Waals surface area (Å²) in [6.07, 6.45) is 2.79. The summed E-state index contributed by atoms with van der Waals surface area (Å²) in [5, 5.41) is 8.36. The molecule has 0 saturated heterocycles. The zero-order chi connectivity index (χ0) is 11.7. The van der Waals surface area contributed by atoms with Crippen LogP contribution in [0, 0.1) is 0 Å². The fraction of sp³-hybridized carbons (Fsp3) is 0.889. The maximum absolute atomic E-state index is 11.2. The third kappa shape index (κ3) is 9.68. The van der Waals surface area contributed by atoms with Crippen molar-refractivity contribution in [3.63, 3.8) is 0 Å². The number of aliphatic carboxylic acids is 1.